The molecule has 0 unspecified atom stereocenters. The van der Waals surface area contributed by atoms with E-state index in [9.17, 15) is 5.26 Å². The molecular weight excluding hydrogens is 214 g/mol. The molecule has 0 fully saturated rings. The van der Waals surface area contributed by atoms with Crippen LogP contribution in [0.1, 0.15) is 36.6 Å². The molecule has 0 aliphatic rings. The molecule has 0 aromatic carbocycles. The summed E-state index contributed by atoms with van der Waals surface area (Å²) in [7, 11) is 1.63. The highest BCUT2D eigenvalue weighted by Crippen LogP contribution is 2.19. The van der Waals surface area contributed by atoms with Gasteiger partial charge in [0.05, 0.1) is 12.2 Å². The minimum atomic E-state index is 0.439. The predicted molar refractivity (Wildman–Crippen MR) is 67.8 cm³/mol. The van der Waals surface area contributed by atoms with Gasteiger partial charge in [-0.15, -0.1) is 0 Å². The highest BCUT2D eigenvalue weighted by Gasteiger charge is 2.10. The monoisotopic (exact) mass is 233 g/mol. The van der Waals surface area contributed by atoms with Crippen molar-refractivity contribution < 1.29 is 4.74 Å². The average Bonchev–Trinajstić information content (AvgIpc) is 2.29. The predicted octanol–water partition coefficient (Wildman–Crippen LogP) is 2.62. The molecule has 17 heavy (non-hydrogen) atoms. The summed E-state index contributed by atoms with van der Waals surface area (Å²) in [6, 6.07) is 4.09. The molecule has 1 aromatic heterocycles. The number of methoxy groups -OCH3 is 1. The molecule has 0 atom stereocenters. The second-order valence-corrected chi connectivity index (χ2v) is 3.97. The first-order chi connectivity index (χ1) is 8.22. The molecule has 0 bridgehead atoms. The van der Waals surface area contributed by atoms with E-state index < -0.39 is 0 Å². The van der Waals surface area contributed by atoms with Crippen LogP contribution in [0.3, 0.4) is 0 Å². The molecule has 0 spiro atoms. The maximum Gasteiger partial charge on any atom is 0.144 e. The quantitative estimate of drug-likeness (QED) is 0.767. The second kappa shape index (κ2) is 6.87. The highest BCUT2D eigenvalue weighted by atomic mass is 16.5. The van der Waals surface area contributed by atoms with Crippen LogP contribution in [-0.2, 0) is 11.3 Å². The minimum absolute atomic E-state index is 0.439. The number of ether oxygens (including phenoxy) is 1. The van der Waals surface area contributed by atoms with E-state index in [-0.39, 0.29) is 0 Å². The summed E-state index contributed by atoms with van der Waals surface area (Å²) in [5, 5.41) is 12.4. The number of anilines is 1. The average molecular weight is 233 g/mol. The van der Waals surface area contributed by atoms with E-state index in [0.29, 0.717) is 18.0 Å². The SMILES string of the molecule is CCCCNc1nc(C)cc(COC)c1C#N. The number of rotatable bonds is 6. The number of hydrogen-bond donors (Lipinski definition) is 1. The van der Waals surface area contributed by atoms with Crippen LogP contribution in [0.2, 0.25) is 0 Å². The van der Waals surface area contributed by atoms with E-state index in [1.807, 2.05) is 13.0 Å². The van der Waals surface area contributed by atoms with Crippen LogP contribution in [0, 0.1) is 18.3 Å². The van der Waals surface area contributed by atoms with Crippen molar-refractivity contribution in [3.8, 4) is 6.07 Å². The van der Waals surface area contributed by atoms with Gasteiger partial charge in [0.15, 0.2) is 0 Å². The number of aromatic nitrogens is 1. The van der Waals surface area contributed by atoms with Gasteiger partial charge in [-0.05, 0) is 19.4 Å². The van der Waals surface area contributed by atoms with Crippen LogP contribution in [0.25, 0.3) is 0 Å². The molecule has 0 aliphatic carbocycles. The molecule has 4 nitrogen and oxygen atoms in total. The van der Waals surface area contributed by atoms with Crippen molar-refractivity contribution in [2.24, 2.45) is 0 Å². The topological polar surface area (TPSA) is 57.9 Å². The summed E-state index contributed by atoms with van der Waals surface area (Å²) >= 11 is 0. The van der Waals surface area contributed by atoms with Gasteiger partial charge in [0.1, 0.15) is 11.9 Å². The lowest BCUT2D eigenvalue weighted by Crippen LogP contribution is -2.08. The van der Waals surface area contributed by atoms with Gasteiger partial charge in [-0.25, -0.2) is 4.98 Å². The third kappa shape index (κ3) is 3.72. The van der Waals surface area contributed by atoms with Crippen LogP contribution in [0.4, 0.5) is 5.82 Å². The number of pyridine rings is 1. The lowest BCUT2D eigenvalue weighted by atomic mass is 10.1. The van der Waals surface area contributed by atoms with Gasteiger partial charge in [0, 0.05) is 24.9 Å². The summed E-state index contributed by atoms with van der Waals surface area (Å²) in [5.74, 6) is 0.674. The van der Waals surface area contributed by atoms with E-state index in [1.165, 1.54) is 0 Å². The fourth-order valence-corrected chi connectivity index (χ4v) is 1.65. The van der Waals surface area contributed by atoms with Gasteiger partial charge in [0.2, 0.25) is 0 Å². The van der Waals surface area contributed by atoms with Crippen molar-refractivity contribution >= 4 is 5.82 Å². The van der Waals surface area contributed by atoms with E-state index in [2.05, 4.69) is 23.3 Å². The van der Waals surface area contributed by atoms with Gasteiger partial charge < -0.3 is 10.1 Å². The molecule has 0 saturated carbocycles. The molecule has 92 valence electrons. The molecule has 4 heteroatoms. The van der Waals surface area contributed by atoms with Gasteiger partial charge in [0.25, 0.3) is 0 Å². The Balaban J connectivity index is 2.97. The Morgan fingerprint density at radius 2 is 2.29 bits per heavy atom. The Labute approximate surface area is 103 Å². The fourth-order valence-electron chi connectivity index (χ4n) is 1.65. The minimum Gasteiger partial charge on any atom is -0.380 e. The molecule has 1 heterocycles. The van der Waals surface area contributed by atoms with E-state index in [0.717, 1.165) is 30.6 Å². The van der Waals surface area contributed by atoms with E-state index in [4.69, 9.17) is 4.74 Å². The molecule has 1 aromatic rings. The number of unbranched alkanes of at least 4 members (excludes halogenated alkanes) is 1. The first kappa shape index (κ1) is 13.5. The number of nitriles is 1. The van der Waals surface area contributed by atoms with E-state index in [1.54, 1.807) is 7.11 Å². The molecule has 0 radical (unpaired) electrons. The van der Waals surface area contributed by atoms with Crippen LogP contribution >= 0.6 is 0 Å². The normalized spacial score (nSPS) is 10.0. The zero-order chi connectivity index (χ0) is 12.7. The smallest absolute Gasteiger partial charge is 0.144 e. The highest BCUT2D eigenvalue weighted by molar-refractivity contribution is 5.56. The van der Waals surface area contributed by atoms with E-state index >= 15 is 0 Å². The molecule has 0 saturated heterocycles. The van der Waals surface area contributed by atoms with Crippen molar-refractivity contribution in [3.05, 3.63) is 22.9 Å². The van der Waals surface area contributed by atoms with Crippen molar-refractivity contribution in [2.45, 2.75) is 33.3 Å². The third-order valence-corrected chi connectivity index (χ3v) is 2.46. The Morgan fingerprint density at radius 3 is 2.88 bits per heavy atom. The number of nitrogens with one attached hydrogen (secondary N) is 1. The van der Waals surface area contributed by atoms with Crippen LogP contribution in [0.5, 0.6) is 0 Å². The summed E-state index contributed by atoms with van der Waals surface area (Å²) < 4.78 is 5.10. The fraction of sp³-hybridized carbons (Fsp3) is 0.538. The largest absolute Gasteiger partial charge is 0.380 e. The Hall–Kier alpha value is -1.60. The van der Waals surface area contributed by atoms with Gasteiger partial charge in [-0.1, -0.05) is 13.3 Å². The lowest BCUT2D eigenvalue weighted by Gasteiger charge is -2.11. The first-order valence-corrected chi connectivity index (χ1v) is 5.86. The Bertz CT molecular complexity index is 410. The Kier molecular flexibility index (Phi) is 5.44. The summed E-state index contributed by atoms with van der Waals surface area (Å²) in [6.07, 6.45) is 2.19. The number of nitrogens with zero attached hydrogens (tertiary/aromatic N) is 2. The van der Waals surface area contributed by atoms with Crippen molar-refractivity contribution in [1.82, 2.24) is 4.98 Å². The summed E-state index contributed by atoms with van der Waals surface area (Å²) in [5.41, 5.74) is 2.38. The number of aryl methyl sites for hydroxylation is 1. The van der Waals surface area contributed by atoms with Crippen LogP contribution in [-0.4, -0.2) is 18.6 Å². The van der Waals surface area contributed by atoms with Gasteiger partial charge in [-0.2, -0.15) is 5.26 Å². The lowest BCUT2D eigenvalue weighted by molar-refractivity contribution is 0.184. The van der Waals surface area contributed by atoms with Crippen LogP contribution < -0.4 is 5.32 Å². The van der Waals surface area contributed by atoms with Crippen LogP contribution in [0.15, 0.2) is 6.07 Å². The zero-order valence-corrected chi connectivity index (χ0v) is 10.7. The third-order valence-electron chi connectivity index (χ3n) is 2.46. The van der Waals surface area contributed by atoms with Crippen molar-refractivity contribution in [3.63, 3.8) is 0 Å². The molecule has 0 amide bonds. The maximum atomic E-state index is 9.19. The molecular formula is C13H19N3O. The van der Waals surface area contributed by atoms with Gasteiger partial charge in [-0.3, -0.25) is 0 Å². The maximum absolute atomic E-state index is 9.19. The molecule has 0 aliphatic heterocycles. The molecule has 1 rings (SSSR count). The number of hydrogen-bond acceptors (Lipinski definition) is 4. The zero-order valence-electron chi connectivity index (χ0n) is 10.7. The van der Waals surface area contributed by atoms with Gasteiger partial charge >= 0.3 is 0 Å². The summed E-state index contributed by atoms with van der Waals surface area (Å²) in [4.78, 5) is 4.37. The van der Waals surface area contributed by atoms with Crippen molar-refractivity contribution in [2.75, 3.05) is 19.0 Å². The second-order valence-electron chi connectivity index (χ2n) is 3.97. The first-order valence-electron chi connectivity index (χ1n) is 5.86. The molecule has 1 N–H and O–H groups in total. The van der Waals surface area contributed by atoms with Crippen molar-refractivity contribution in [1.29, 1.82) is 5.26 Å². The summed E-state index contributed by atoms with van der Waals surface area (Å²) in [6.45, 7) is 5.33. The standard InChI is InChI=1S/C13H19N3O/c1-4-5-6-15-13-12(8-14)11(9-17-3)7-10(2)16-13/h7H,4-6,9H2,1-3H3,(H,15,16). The Morgan fingerprint density at radius 1 is 1.53 bits per heavy atom.